The van der Waals surface area contributed by atoms with Crippen LogP contribution in [0.15, 0.2) is 30.3 Å². The summed E-state index contributed by atoms with van der Waals surface area (Å²) >= 11 is 0. The first-order valence-electron chi connectivity index (χ1n) is 9.19. The van der Waals surface area contributed by atoms with Gasteiger partial charge in [0.25, 0.3) is 0 Å². The van der Waals surface area contributed by atoms with Gasteiger partial charge < -0.3 is 10.1 Å². The maximum absolute atomic E-state index is 11.9. The summed E-state index contributed by atoms with van der Waals surface area (Å²) in [7, 11) is 0. The molecule has 1 aromatic carbocycles. The fourth-order valence-corrected chi connectivity index (χ4v) is 2.49. The first-order chi connectivity index (χ1) is 11.6. The number of para-hydroxylation sites is 1. The molecule has 1 rings (SSSR count). The van der Waals surface area contributed by atoms with Gasteiger partial charge in [-0.15, -0.1) is 0 Å². The average Bonchev–Trinajstić information content (AvgIpc) is 2.58. The number of esters is 1. The van der Waals surface area contributed by atoms with Gasteiger partial charge in [0.05, 0.1) is 0 Å². The Morgan fingerprint density at radius 2 is 1.54 bits per heavy atom. The van der Waals surface area contributed by atoms with Crippen molar-refractivity contribution in [2.45, 2.75) is 77.7 Å². The van der Waals surface area contributed by atoms with E-state index in [9.17, 15) is 9.59 Å². The lowest BCUT2D eigenvalue weighted by molar-refractivity contribution is -0.138. The van der Waals surface area contributed by atoms with E-state index in [1.165, 1.54) is 38.5 Å². The van der Waals surface area contributed by atoms with Gasteiger partial charge in [0.15, 0.2) is 0 Å². The lowest BCUT2D eigenvalue weighted by Gasteiger charge is -2.13. The Kier molecular flexibility index (Phi) is 10.6. The van der Waals surface area contributed by atoms with Crippen molar-refractivity contribution in [2.24, 2.45) is 0 Å². The molecule has 1 N–H and O–H groups in total. The number of carbonyl (C=O) groups excluding carboxylic acids is 2. The van der Waals surface area contributed by atoms with Crippen LogP contribution in [0, 0.1) is 0 Å². The number of hydrogen-bond donors (Lipinski definition) is 1. The molecule has 24 heavy (non-hydrogen) atoms. The first-order valence-corrected chi connectivity index (χ1v) is 9.19. The van der Waals surface area contributed by atoms with E-state index in [2.05, 4.69) is 12.2 Å². The van der Waals surface area contributed by atoms with Gasteiger partial charge in [0.2, 0.25) is 5.91 Å². The molecule has 4 nitrogen and oxygen atoms in total. The Morgan fingerprint density at radius 3 is 2.17 bits per heavy atom. The van der Waals surface area contributed by atoms with Crippen molar-refractivity contribution >= 4 is 11.9 Å². The van der Waals surface area contributed by atoms with Gasteiger partial charge >= 0.3 is 5.97 Å². The molecule has 0 aliphatic rings. The number of rotatable bonds is 12. The van der Waals surface area contributed by atoms with E-state index in [1.54, 1.807) is 31.2 Å². The molecule has 0 radical (unpaired) electrons. The molecule has 134 valence electrons. The van der Waals surface area contributed by atoms with E-state index >= 15 is 0 Å². The Hall–Kier alpha value is -1.84. The van der Waals surface area contributed by atoms with Gasteiger partial charge in [-0.2, -0.15) is 0 Å². The highest BCUT2D eigenvalue weighted by atomic mass is 16.5. The molecule has 4 heteroatoms. The maximum Gasteiger partial charge on any atom is 0.333 e. The molecule has 0 saturated carbocycles. The van der Waals surface area contributed by atoms with E-state index in [4.69, 9.17) is 4.74 Å². The van der Waals surface area contributed by atoms with Gasteiger partial charge in [-0.1, -0.05) is 70.1 Å². The summed E-state index contributed by atoms with van der Waals surface area (Å²) in [6.07, 6.45) is 10.1. The van der Waals surface area contributed by atoms with Gasteiger partial charge in [-0.25, -0.2) is 4.79 Å². The van der Waals surface area contributed by atoms with Crippen molar-refractivity contribution in [1.82, 2.24) is 5.32 Å². The van der Waals surface area contributed by atoms with Crippen LogP contribution in [-0.4, -0.2) is 17.9 Å². The highest BCUT2D eigenvalue weighted by Crippen LogP contribution is 2.11. The fraction of sp³-hybridized carbons (Fsp3) is 0.600. The fourth-order valence-electron chi connectivity index (χ4n) is 2.49. The molecule has 0 spiro atoms. The molecule has 1 amide bonds. The molecular formula is C20H31NO3. The van der Waals surface area contributed by atoms with Crippen molar-refractivity contribution in [2.75, 3.05) is 0 Å². The Bertz CT molecular complexity index is 473. The molecule has 0 saturated heterocycles. The maximum atomic E-state index is 11.9. The minimum absolute atomic E-state index is 0.0847. The summed E-state index contributed by atoms with van der Waals surface area (Å²) in [4.78, 5) is 23.8. The Morgan fingerprint density at radius 1 is 0.958 bits per heavy atom. The Balaban J connectivity index is 2.10. The van der Waals surface area contributed by atoms with Crippen LogP contribution < -0.4 is 10.1 Å². The minimum Gasteiger partial charge on any atom is -0.425 e. The summed E-state index contributed by atoms with van der Waals surface area (Å²) < 4.78 is 5.21. The molecule has 1 aromatic rings. The number of amides is 1. The minimum atomic E-state index is -0.633. The van der Waals surface area contributed by atoms with E-state index < -0.39 is 12.0 Å². The van der Waals surface area contributed by atoms with E-state index in [1.807, 2.05) is 6.07 Å². The van der Waals surface area contributed by atoms with Crippen LogP contribution in [-0.2, 0) is 9.59 Å². The quantitative estimate of drug-likeness (QED) is 0.345. The van der Waals surface area contributed by atoms with Gasteiger partial charge in [0.1, 0.15) is 11.8 Å². The number of hydrogen-bond acceptors (Lipinski definition) is 3. The summed E-state index contributed by atoms with van der Waals surface area (Å²) in [5, 5.41) is 2.71. The zero-order chi connectivity index (χ0) is 17.6. The lowest BCUT2D eigenvalue weighted by atomic mass is 10.1. The predicted octanol–water partition coefficient (Wildman–Crippen LogP) is 4.63. The molecule has 0 fully saturated rings. The van der Waals surface area contributed by atoms with Gasteiger partial charge in [0, 0.05) is 6.42 Å². The largest absolute Gasteiger partial charge is 0.425 e. The smallest absolute Gasteiger partial charge is 0.333 e. The first kappa shape index (κ1) is 20.2. The van der Waals surface area contributed by atoms with E-state index in [-0.39, 0.29) is 5.91 Å². The average molecular weight is 333 g/mol. The Labute approximate surface area is 146 Å². The summed E-state index contributed by atoms with van der Waals surface area (Å²) in [5.41, 5.74) is 0. The molecular weight excluding hydrogens is 302 g/mol. The van der Waals surface area contributed by atoms with Crippen LogP contribution >= 0.6 is 0 Å². The monoisotopic (exact) mass is 333 g/mol. The van der Waals surface area contributed by atoms with Crippen molar-refractivity contribution in [1.29, 1.82) is 0 Å². The van der Waals surface area contributed by atoms with Gasteiger partial charge in [-0.3, -0.25) is 4.79 Å². The van der Waals surface area contributed by atoms with Crippen LogP contribution in [0.2, 0.25) is 0 Å². The van der Waals surface area contributed by atoms with Crippen molar-refractivity contribution in [3.8, 4) is 5.75 Å². The van der Waals surface area contributed by atoms with Crippen molar-refractivity contribution < 1.29 is 14.3 Å². The SMILES string of the molecule is CCCCCCCCCCC(=O)N[C@@H](C)C(=O)Oc1ccccc1. The number of nitrogens with one attached hydrogen (secondary N) is 1. The lowest BCUT2D eigenvalue weighted by Crippen LogP contribution is -2.40. The molecule has 0 bridgehead atoms. The molecule has 0 aromatic heterocycles. The molecule has 0 aliphatic heterocycles. The van der Waals surface area contributed by atoms with Crippen LogP contribution in [0.4, 0.5) is 0 Å². The highest BCUT2D eigenvalue weighted by molar-refractivity contribution is 5.85. The van der Waals surface area contributed by atoms with Gasteiger partial charge in [-0.05, 0) is 25.5 Å². The number of unbranched alkanes of at least 4 members (excludes halogenated alkanes) is 7. The van der Waals surface area contributed by atoms with Crippen LogP contribution in [0.25, 0.3) is 0 Å². The van der Waals surface area contributed by atoms with Crippen LogP contribution in [0.3, 0.4) is 0 Å². The zero-order valence-electron chi connectivity index (χ0n) is 15.1. The zero-order valence-corrected chi connectivity index (χ0v) is 15.1. The molecule has 0 heterocycles. The van der Waals surface area contributed by atoms with E-state index in [0.717, 1.165) is 12.8 Å². The third-order valence-corrected chi connectivity index (χ3v) is 3.95. The number of ether oxygens (including phenoxy) is 1. The topological polar surface area (TPSA) is 55.4 Å². The number of carbonyl (C=O) groups is 2. The summed E-state index contributed by atoms with van der Waals surface area (Å²) in [6, 6.07) is 8.25. The second kappa shape index (κ2) is 12.6. The number of benzene rings is 1. The normalized spacial score (nSPS) is 11.8. The van der Waals surface area contributed by atoms with Crippen LogP contribution in [0.1, 0.15) is 71.6 Å². The highest BCUT2D eigenvalue weighted by Gasteiger charge is 2.17. The second-order valence-electron chi connectivity index (χ2n) is 6.25. The van der Waals surface area contributed by atoms with Crippen molar-refractivity contribution in [3.05, 3.63) is 30.3 Å². The predicted molar refractivity (Wildman–Crippen MR) is 96.9 cm³/mol. The van der Waals surface area contributed by atoms with E-state index in [0.29, 0.717) is 12.2 Å². The third kappa shape index (κ3) is 9.33. The summed E-state index contributed by atoms with van der Waals surface area (Å²) in [6.45, 7) is 3.87. The second-order valence-corrected chi connectivity index (χ2v) is 6.25. The van der Waals surface area contributed by atoms with Crippen molar-refractivity contribution in [3.63, 3.8) is 0 Å². The molecule has 0 unspecified atom stereocenters. The molecule has 0 aliphatic carbocycles. The van der Waals surface area contributed by atoms with Crippen LogP contribution in [0.5, 0.6) is 5.75 Å². The summed E-state index contributed by atoms with van der Waals surface area (Å²) in [5.74, 6) is -0.0318. The standard InChI is InChI=1S/C20H31NO3/c1-3-4-5-6-7-8-9-13-16-19(22)21-17(2)20(23)24-18-14-11-10-12-15-18/h10-12,14-15,17H,3-9,13,16H2,1-2H3,(H,21,22)/t17-/m0/s1. The third-order valence-electron chi connectivity index (χ3n) is 3.95. The molecule has 1 atom stereocenters.